The molecule has 0 amide bonds. The molecule has 0 aromatic rings. The van der Waals surface area contributed by atoms with Crippen molar-refractivity contribution in [3.63, 3.8) is 0 Å². The van der Waals surface area contributed by atoms with Gasteiger partial charge in [-0.25, -0.2) is 0 Å². The van der Waals surface area contributed by atoms with Crippen LogP contribution in [0.25, 0.3) is 0 Å². The topological polar surface area (TPSA) is 40.5 Å². The Balaban J connectivity index is 1.68. The molecule has 132 valence electrons. The molecule has 4 aliphatic carbocycles. The summed E-state index contributed by atoms with van der Waals surface area (Å²) in [5.41, 5.74) is 0.265. The van der Waals surface area contributed by atoms with E-state index in [-0.39, 0.29) is 5.41 Å². The van der Waals surface area contributed by atoms with Crippen molar-refractivity contribution in [3.05, 3.63) is 0 Å². The number of fused-ring (bicyclic) bond motifs is 5. The van der Waals surface area contributed by atoms with Crippen LogP contribution in [0, 0.1) is 40.4 Å². The maximum absolute atomic E-state index is 10.9. The smallest absolute Gasteiger partial charge is 0.168 e. The second-order valence-corrected chi connectivity index (χ2v) is 9.87. The Kier molecular flexibility index (Phi) is 3.71. The minimum absolute atomic E-state index is 0.264. The molecule has 0 heterocycles. The van der Waals surface area contributed by atoms with E-state index in [0.717, 1.165) is 24.2 Å². The number of rotatable bonds is 1. The van der Waals surface area contributed by atoms with Gasteiger partial charge in [0.25, 0.3) is 0 Å². The molecule has 0 saturated heterocycles. The third-order valence-corrected chi connectivity index (χ3v) is 9.53. The number of aliphatic hydroxyl groups is 2. The van der Waals surface area contributed by atoms with Crippen LogP contribution in [0.1, 0.15) is 85.0 Å². The molecule has 23 heavy (non-hydrogen) atoms. The first kappa shape index (κ1) is 16.4. The van der Waals surface area contributed by atoms with Gasteiger partial charge < -0.3 is 10.2 Å². The average Bonchev–Trinajstić information content (AvgIpc) is 2.85. The number of hydrogen-bond donors (Lipinski definition) is 2. The first-order valence-corrected chi connectivity index (χ1v) is 10.3. The third-order valence-electron chi connectivity index (χ3n) is 9.53. The summed E-state index contributed by atoms with van der Waals surface area (Å²) in [4.78, 5) is 0. The Bertz CT molecular complexity index is 472. The van der Waals surface area contributed by atoms with E-state index in [0.29, 0.717) is 23.7 Å². The van der Waals surface area contributed by atoms with Gasteiger partial charge in [-0.3, -0.25) is 0 Å². The van der Waals surface area contributed by atoms with Crippen LogP contribution in [0.2, 0.25) is 0 Å². The molecule has 0 aromatic carbocycles. The van der Waals surface area contributed by atoms with Crippen molar-refractivity contribution in [2.75, 3.05) is 0 Å². The van der Waals surface area contributed by atoms with E-state index >= 15 is 0 Å². The standard InChI is InChI=1S/C21H36O2/c1-4-14-8-10-17-16-9-7-15-6-5-12-21(22,23)20(15,3)18(16)11-13-19(14,17)2/h14-18,22-23H,4-13H2,1-3H3/t14-,15+,16-,17-,18-,19-,20-/m0/s1. The highest BCUT2D eigenvalue weighted by Gasteiger charge is 2.65. The Morgan fingerprint density at radius 3 is 2.39 bits per heavy atom. The van der Waals surface area contributed by atoms with Gasteiger partial charge in [-0.2, -0.15) is 0 Å². The normalized spacial score (nSPS) is 54.9. The summed E-state index contributed by atoms with van der Waals surface area (Å²) in [6.45, 7) is 7.17. The van der Waals surface area contributed by atoms with Gasteiger partial charge in [-0.05, 0) is 86.4 Å². The molecule has 4 saturated carbocycles. The zero-order valence-electron chi connectivity index (χ0n) is 15.4. The van der Waals surface area contributed by atoms with E-state index in [1.165, 1.54) is 51.4 Å². The average molecular weight is 321 g/mol. The summed E-state index contributed by atoms with van der Waals surface area (Å²) in [5, 5.41) is 21.9. The van der Waals surface area contributed by atoms with Crippen molar-refractivity contribution in [1.29, 1.82) is 0 Å². The lowest BCUT2D eigenvalue weighted by Gasteiger charge is -2.63. The molecule has 0 aliphatic heterocycles. The van der Waals surface area contributed by atoms with E-state index in [2.05, 4.69) is 20.8 Å². The van der Waals surface area contributed by atoms with E-state index in [1.54, 1.807) is 0 Å². The molecular formula is C21H36O2. The van der Waals surface area contributed by atoms with Crippen LogP contribution in [-0.4, -0.2) is 16.0 Å². The van der Waals surface area contributed by atoms with Gasteiger partial charge in [0, 0.05) is 11.8 Å². The summed E-state index contributed by atoms with van der Waals surface area (Å²) in [7, 11) is 0. The molecule has 0 radical (unpaired) electrons. The van der Waals surface area contributed by atoms with Crippen molar-refractivity contribution in [1.82, 2.24) is 0 Å². The van der Waals surface area contributed by atoms with Crippen LogP contribution in [0.5, 0.6) is 0 Å². The number of hydrogen-bond acceptors (Lipinski definition) is 2. The SMILES string of the molecule is CC[C@H]1CC[C@H]2[C@@H]3CC[C@H]4CCCC(O)(O)[C@]4(C)[C@H]3CC[C@@]12C. The van der Waals surface area contributed by atoms with Crippen LogP contribution in [0.3, 0.4) is 0 Å². The molecule has 2 nitrogen and oxygen atoms in total. The zero-order valence-corrected chi connectivity index (χ0v) is 15.4. The summed E-state index contributed by atoms with van der Waals surface area (Å²) in [6, 6.07) is 0. The van der Waals surface area contributed by atoms with Crippen molar-refractivity contribution in [2.24, 2.45) is 40.4 Å². The van der Waals surface area contributed by atoms with Crippen molar-refractivity contribution in [3.8, 4) is 0 Å². The fourth-order valence-electron chi connectivity index (χ4n) is 8.14. The Labute approximate surface area is 142 Å². The molecule has 0 spiro atoms. The molecule has 0 aromatic heterocycles. The van der Waals surface area contributed by atoms with Gasteiger partial charge in [0.1, 0.15) is 0 Å². The first-order valence-electron chi connectivity index (χ1n) is 10.3. The van der Waals surface area contributed by atoms with E-state index in [9.17, 15) is 10.2 Å². The lowest BCUT2D eigenvalue weighted by molar-refractivity contribution is -0.313. The molecule has 4 rings (SSSR count). The highest BCUT2D eigenvalue weighted by molar-refractivity contribution is 5.11. The monoisotopic (exact) mass is 320 g/mol. The van der Waals surface area contributed by atoms with Crippen molar-refractivity contribution >= 4 is 0 Å². The van der Waals surface area contributed by atoms with Crippen molar-refractivity contribution < 1.29 is 10.2 Å². The summed E-state index contributed by atoms with van der Waals surface area (Å²) >= 11 is 0. The predicted octanol–water partition coefficient (Wildman–Crippen LogP) is 4.74. The van der Waals surface area contributed by atoms with Gasteiger partial charge in [0.2, 0.25) is 0 Å². The van der Waals surface area contributed by atoms with Crippen LogP contribution < -0.4 is 0 Å². The lowest BCUT2D eigenvalue weighted by atomic mass is 9.43. The highest BCUT2D eigenvalue weighted by Crippen LogP contribution is 2.69. The van der Waals surface area contributed by atoms with Gasteiger partial charge in [-0.1, -0.05) is 27.2 Å². The predicted molar refractivity (Wildman–Crippen MR) is 92.7 cm³/mol. The van der Waals surface area contributed by atoms with E-state index in [4.69, 9.17) is 0 Å². The van der Waals surface area contributed by atoms with E-state index in [1.807, 2.05) is 0 Å². The molecule has 4 fully saturated rings. The maximum atomic E-state index is 10.9. The van der Waals surface area contributed by atoms with Gasteiger partial charge in [0.15, 0.2) is 5.79 Å². The van der Waals surface area contributed by atoms with Gasteiger partial charge in [-0.15, -0.1) is 0 Å². The molecule has 0 bridgehead atoms. The van der Waals surface area contributed by atoms with Crippen LogP contribution >= 0.6 is 0 Å². The molecule has 2 N–H and O–H groups in total. The Morgan fingerprint density at radius 1 is 0.870 bits per heavy atom. The van der Waals surface area contributed by atoms with Crippen LogP contribution in [0.15, 0.2) is 0 Å². The quantitative estimate of drug-likeness (QED) is 0.685. The minimum Gasteiger partial charge on any atom is -0.365 e. The second-order valence-electron chi connectivity index (χ2n) is 9.87. The second kappa shape index (κ2) is 5.21. The largest absolute Gasteiger partial charge is 0.365 e. The summed E-state index contributed by atoms with van der Waals surface area (Å²) in [5.74, 6) is 2.10. The minimum atomic E-state index is -1.43. The Morgan fingerprint density at radius 2 is 1.65 bits per heavy atom. The lowest BCUT2D eigenvalue weighted by Crippen LogP contribution is -2.63. The fraction of sp³-hybridized carbons (Fsp3) is 1.00. The fourth-order valence-corrected chi connectivity index (χ4v) is 8.14. The van der Waals surface area contributed by atoms with Gasteiger partial charge >= 0.3 is 0 Å². The summed E-state index contributed by atoms with van der Waals surface area (Å²) in [6.07, 6.45) is 12.0. The maximum Gasteiger partial charge on any atom is 0.168 e. The first-order chi connectivity index (χ1) is 10.8. The molecule has 0 unspecified atom stereocenters. The molecular weight excluding hydrogens is 284 g/mol. The molecule has 2 heteroatoms. The van der Waals surface area contributed by atoms with Gasteiger partial charge in [0.05, 0.1) is 0 Å². The van der Waals surface area contributed by atoms with Crippen LogP contribution in [0.4, 0.5) is 0 Å². The molecule has 7 atom stereocenters. The highest BCUT2D eigenvalue weighted by atomic mass is 16.5. The zero-order chi connectivity index (χ0) is 16.5. The third kappa shape index (κ3) is 2.00. The van der Waals surface area contributed by atoms with Crippen LogP contribution in [-0.2, 0) is 0 Å². The summed E-state index contributed by atoms with van der Waals surface area (Å²) < 4.78 is 0. The van der Waals surface area contributed by atoms with E-state index < -0.39 is 5.79 Å². The Hall–Kier alpha value is -0.0800. The van der Waals surface area contributed by atoms with Crippen molar-refractivity contribution in [2.45, 2.75) is 90.8 Å². The molecule has 4 aliphatic rings.